The van der Waals surface area contributed by atoms with E-state index in [9.17, 15) is 4.79 Å². The summed E-state index contributed by atoms with van der Waals surface area (Å²) in [7, 11) is 3.66. The summed E-state index contributed by atoms with van der Waals surface area (Å²) in [4.78, 5) is 16.3. The molecule has 0 amide bonds. The minimum atomic E-state index is 0.589. The van der Waals surface area contributed by atoms with Crippen molar-refractivity contribution in [1.82, 2.24) is 4.90 Å². The number of hydrogen-bond donors (Lipinski definition) is 0. The Morgan fingerprint density at radius 1 is 1.36 bits per heavy atom. The second kappa shape index (κ2) is 5.00. The molecule has 0 radical (unpaired) electrons. The van der Waals surface area contributed by atoms with Gasteiger partial charge in [-0.3, -0.25) is 0 Å². The molecule has 1 aromatic carbocycles. The maximum atomic E-state index is 10.2. The number of benzene rings is 1. The van der Waals surface area contributed by atoms with E-state index in [0.717, 1.165) is 5.69 Å². The topological polar surface area (TPSA) is 32.7 Å². The molecular weight excluding hydrogens is 176 g/mol. The molecule has 0 bridgehead atoms. The predicted octanol–water partition coefficient (Wildman–Crippen LogP) is 1.67. The molecule has 0 aliphatic heterocycles. The molecule has 14 heavy (non-hydrogen) atoms. The second-order valence-corrected chi connectivity index (χ2v) is 2.96. The first-order valence-corrected chi connectivity index (χ1v) is 4.26. The van der Waals surface area contributed by atoms with Gasteiger partial charge in [-0.05, 0) is 12.1 Å². The lowest BCUT2D eigenvalue weighted by Gasteiger charge is -2.10. The van der Waals surface area contributed by atoms with E-state index < -0.39 is 0 Å². The summed E-state index contributed by atoms with van der Waals surface area (Å²) in [6, 6.07) is 9.47. The fourth-order valence-corrected chi connectivity index (χ4v) is 0.949. The molecule has 0 heterocycles. The van der Waals surface area contributed by atoms with Crippen LogP contribution in [0, 0.1) is 0 Å². The highest BCUT2D eigenvalue weighted by Gasteiger charge is 1.97. The lowest BCUT2D eigenvalue weighted by Crippen LogP contribution is -2.19. The van der Waals surface area contributed by atoms with Crippen LogP contribution < -0.4 is 0 Å². The Hall–Kier alpha value is -1.86. The van der Waals surface area contributed by atoms with E-state index in [4.69, 9.17) is 0 Å². The molecule has 0 spiro atoms. The van der Waals surface area contributed by atoms with Gasteiger partial charge in [0.15, 0.2) is 0 Å². The van der Waals surface area contributed by atoms with Crippen molar-refractivity contribution in [3.05, 3.63) is 36.4 Å². The van der Waals surface area contributed by atoms with Crippen LogP contribution in [0.2, 0.25) is 0 Å². The Labute approximate surface area is 83.4 Å². The standard InChI is InChI=1S/C11H12N2O/c1-13(2)11(8-9-14)12-10-6-4-3-5-7-10/h3-8H,1-2H3. The molecule has 0 aromatic heterocycles. The van der Waals surface area contributed by atoms with E-state index in [1.165, 1.54) is 6.08 Å². The maximum absolute atomic E-state index is 10.2. The molecule has 1 aromatic rings. The van der Waals surface area contributed by atoms with E-state index in [1.807, 2.05) is 44.4 Å². The van der Waals surface area contributed by atoms with Crippen LogP contribution in [-0.4, -0.2) is 30.8 Å². The van der Waals surface area contributed by atoms with Gasteiger partial charge in [0.2, 0.25) is 0 Å². The van der Waals surface area contributed by atoms with Crippen molar-refractivity contribution in [2.45, 2.75) is 0 Å². The largest absolute Gasteiger partial charge is 0.362 e. The molecule has 0 saturated heterocycles. The van der Waals surface area contributed by atoms with Crippen molar-refractivity contribution in [3.63, 3.8) is 0 Å². The lowest BCUT2D eigenvalue weighted by molar-refractivity contribution is 0.568. The molecule has 0 fully saturated rings. The van der Waals surface area contributed by atoms with Crippen LogP contribution in [0.25, 0.3) is 0 Å². The quantitative estimate of drug-likeness (QED) is 0.402. The minimum absolute atomic E-state index is 0.589. The van der Waals surface area contributed by atoms with Gasteiger partial charge in [0, 0.05) is 14.1 Å². The Balaban J connectivity index is 2.99. The number of rotatable bonds is 2. The van der Waals surface area contributed by atoms with Crippen molar-refractivity contribution in [3.8, 4) is 0 Å². The first-order chi connectivity index (χ1) is 6.74. The zero-order valence-corrected chi connectivity index (χ0v) is 8.27. The highest BCUT2D eigenvalue weighted by molar-refractivity contribution is 5.99. The molecular formula is C11H12N2O. The molecule has 3 heteroatoms. The van der Waals surface area contributed by atoms with Gasteiger partial charge in [-0.2, -0.15) is 0 Å². The number of hydrogen-bond acceptors (Lipinski definition) is 2. The van der Waals surface area contributed by atoms with Crippen LogP contribution in [-0.2, 0) is 4.79 Å². The van der Waals surface area contributed by atoms with E-state index in [2.05, 4.69) is 4.99 Å². The summed E-state index contributed by atoms with van der Waals surface area (Å²) in [5, 5.41) is 0. The fraction of sp³-hybridized carbons (Fsp3) is 0.182. The maximum Gasteiger partial charge on any atom is 0.139 e. The van der Waals surface area contributed by atoms with Crippen molar-refractivity contribution >= 4 is 17.5 Å². The van der Waals surface area contributed by atoms with Crippen LogP contribution in [0.1, 0.15) is 0 Å². The Morgan fingerprint density at radius 2 is 2.00 bits per heavy atom. The van der Waals surface area contributed by atoms with Crippen molar-refractivity contribution in [2.75, 3.05) is 14.1 Å². The van der Waals surface area contributed by atoms with Gasteiger partial charge in [-0.25, -0.2) is 9.79 Å². The number of aliphatic imine (C=N–C) groups is 1. The second-order valence-electron chi connectivity index (χ2n) is 2.96. The molecule has 0 aliphatic rings. The summed E-state index contributed by atoms with van der Waals surface area (Å²) >= 11 is 0. The van der Waals surface area contributed by atoms with Gasteiger partial charge >= 0.3 is 0 Å². The summed E-state index contributed by atoms with van der Waals surface area (Å²) in [6.45, 7) is 0. The summed E-state index contributed by atoms with van der Waals surface area (Å²) in [5.41, 5.74) is 0.822. The summed E-state index contributed by atoms with van der Waals surface area (Å²) < 4.78 is 0. The van der Waals surface area contributed by atoms with E-state index >= 15 is 0 Å². The third-order valence-electron chi connectivity index (χ3n) is 1.65. The molecule has 0 N–H and O–H groups in total. The van der Waals surface area contributed by atoms with Gasteiger partial charge in [0.25, 0.3) is 0 Å². The van der Waals surface area contributed by atoms with Gasteiger partial charge in [-0.1, -0.05) is 18.2 Å². The molecule has 0 aliphatic carbocycles. The summed E-state index contributed by atoms with van der Waals surface area (Å²) in [5.74, 6) is 2.31. The third-order valence-corrected chi connectivity index (χ3v) is 1.65. The van der Waals surface area contributed by atoms with Crippen molar-refractivity contribution in [1.29, 1.82) is 0 Å². The van der Waals surface area contributed by atoms with Crippen molar-refractivity contribution < 1.29 is 4.79 Å². The van der Waals surface area contributed by atoms with Crippen molar-refractivity contribution in [2.24, 2.45) is 4.99 Å². The fourth-order valence-electron chi connectivity index (χ4n) is 0.949. The number of nitrogens with zero attached hydrogens (tertiary/aromatic N) is 2. The average molecular weight is 188 g/mol. The highest BCUT2D eigenvalue weighted by atomic mass is 16.1. The zero-order valence-electron chi connectivity index (χ0n) is 8.27. The number of likely N-dealkylation sites (N-methyl/N-ethyl adjacent to an activating group) is 1. The first-order valence-electron chi connectivity index (χ1n) is 4.26. The minimum Gasteiger partial charge on any atom is -0.362 e. The van der Waals surface area contributed by atoms with Gasteiger partial charge in [0.05, 0.1) is 11.8 Å². The molecule has 0 saturated carbocycles. The molecule has 1 rings (SSSR count). The smallest absolute Gasteiger partial charge is 0.139 e. The molecule has 72 valence electrons. The molecule has 0 atom stereocenters. The van der Waals surface area contributed by atoms with Crippen LogP contribution in [0.4, 0.5) is 5.69 Å². The lowest BCUT2D eigenvalue weighted by atomic mass is 10.3. The Kier molecular flexibility index (Phi) is 3.65. The summed E-state index contributed by atoms with van der Waals surface area (Å²) in [6.07, 6.45) is 1.31. The first kappa shape index (κ1) is 10.2. The van der Waals surface area contributed by atoms with Crippen LogP contribution in [0.3, 0.4) is 0 Å². The van der Waals surface area contributed by atoms with Gasteiger partial charge < -0.3 is 4.90 Å². The average Bonchev–Trinajstić information content (AvgIpc) is 2.18. The highest BCUT2D eigenvalue weighted by Crippen LogP contribution is 2.10. The van der Waals surface area contributed by atoms with Crippen LogP contribution in [0.15, 0.2) is 41.4 Å². The Bertz CT molecular complexity index is 362. The normalized spacial score (nSPS) is 10.6. The predicted molar refractivity (Wildman–Crippen MR) is 57.5 cm³/mol. The molecule has 3 nitrogen and oxygen atoms in total. The number of amidine groups is 1. The molecule has 0 unspecified atom stereocenters. The number of carbonyl (C=O) groups excluding carboxylic acids is 1. The van der Waals surface area contributed by atoms with Crippen LogP contribution in [0.5, 0.6) is 0 Å². The SMILES string of the molecule is CN(C)C(C=C=O)=Nc1ccccc1. The van der Waals surface area contributed by atoms with Gasteiger partial charge in [-0.15, -0.1) is 0 Å². The monoisotopic (exact) mass is 188 g/mol. The van der Waals surface area contributed by atoms with E-state index in [1.54, 1.807) is 10.8 Å². The van der Waals surface area contributed by atoms with E-state index in [-0.39, 0.29) is 0 Å². The van der Waals surface area contributed by atoms with Crippen LogP contribution >= 0.6 is 0 Å². The van der Waals surface area contributed by atoms with E-state index in [0.29, 0.717) is 5.84 Å². The third kappa shape index (κ3) is 2.88. The zero-order chi connectivity index (χ0) is 10.4. The van der Waals surface area contributed by atoms with Gasteiger partial charge in [0.1, 0.15) is 11.8 Å². The number of para-hydroxylation sites is 1. The Morgan fingerprint density at radius 3 is 2.50 bits per heavy atom.